The van der Waals surface area contributed by atoms with Crippen LogP contribution in [-0.4, -0.2) is 49.5 Å². The quantitative estimate of drug-likeness (QED) is 0.676. The summed E-state index contributed by atoms with van der Waals surface area (Å²) >= 11 is 0. The van der Waals surface area contributed by atoms with Gasteiger partial charge in [-0.1, -0.05) is 54.5 Å². The fourth-order valence-corrected chi connectivity index (χ4v) is 3.87. The number of fused-ring (bicyclic) bond motifs is 3. The largest absolute Gasteiger partial charge is 0.379 e. The van der Waals surface area contributed by atoms with Crippen molar-refractivity contribution in [1.82, 2.24) is 0 Å². The molecule has 128 valence electrons. The molecule has 0 saturated carbocycles. The lowest BCUT2D eigenvalue weighted by atomic mass is 9.88. The van der Waals surface area contributed by atoms with Crippen molar-refractivity contribution in [2.24, 2.45) is 0 Å². The molecule has 1 fully saturated rings. The van der Waals surface area contributed by atoms with E-state index >= 15 is 0 Å². The zero-order chi connectivity index (χ0) is 17.3. The fourth-order valence-electron chi connectivity index (χ4n) is 3.87. The van der Waals surface area contributed by atoms with Gasteiger partial charge in [0.2, 0.25) is 0 Å². The highest BCUT2D eigenvalue weighted by molar-refractivity contribution is 5.80. The third-order valence-electron chi connectivity index (χ3n) is 5.52. The maximum atomic E-state index is 11.5. The van der Waals surface area contributed by atoms with Crippen LogP contribution in [0.4, 0.5) is 0 Å². The second-order valence-electron chi connectivity index (χ2n) is 7.32. The predicted molar refractivity (Wildman–Crippen MR) is 98.9 cm³/mol. The normalized spacial score (nSPS) is 19.4. The van der Waals surface area contributed by atoms with Gasteiger partial charge in [0.25, 0.3) is 0 Å². The molecule has 1 heterocycles. The van der Waals surface area contributed by atoms with Crippen molar-refractivity contribution < 1.29 is 14.3 Å². The van der Waals surface area contributed by atoms with E-state index < -0.39 is 5.60 Å². The molecule has 1 aliphatic heterocycles. The first kappa shape index (κ1) is 16.4. The molecular weight excluding hydrogens is 310 g/mol. The van der Waals surface area contributed by atoms with E-state index in [1.165, 1.54) is 0 Å². The van der Waals surface area contributed by atoms with Gasteiger partial charge in [0.1, 0.15) is 25.2 Å². The topological polar surface area (TPSA) is 29.5 Å². The Hall–Kier alpha value is -2.12. The van der Waals surface area contributed by atoms with Crippen molar-refractivity contribution >= 4 is 0 Å². The molecule has 25 heavy (non-hydrogen) atoms. The Morgan fingerprint density at radius 3 is 2.12 bits per heavy atom. The summed E-state index contributed by atoms with van der Waals surface area (Å²) in [4.78, 5) is 0. The summed E-state index contributed by atoms with van der Waals surface area (Å²) in [5.74, 6) is 6.58. The summed E-state index contributed by atoms with van der Waals surface area (Å²) < 4.78 is 6.37. The van der Waals surface area contributed by atoms with Crippen molar-refractivity contribution in [2.75, 3.05) is 39.9 Å². The van der Waals surface area contributed by atoms with Crippen molar-refractivity contribution in [3.8, 4) is 23.0 Å². The molecule has 4 rings (SSSR count). The lowest BCUT2D eigenvalue weighted by Crippen LogP contribution is -2.52. The SMILES string of the molecule is C[N+]1(CC#CCC2(O)c3ccccc3-c3ccccc32)CCOCC1. The molecule has 0 amide bonds. The van der Waals surface area contributed by atoms with Gasteiger partial charge in [-0.05, 0) is 28.2 Å². The smallest absolute Gasteiger partial charge is 0.140 e. The Bertz CT molecular complexity index is 795. The minimum atomic E-state index is -1.01. The van der Waals surface area contributed by atoms with E-state index in [9.17, 15) is 5.11 Å². The number of ether oxygens (including phenoxy) is 1. The van der Waals surface area contributed by atoms with E-state index in [0.29, 0.717) is 6.42 Å². The lowest BCUT2D eigenvalue weighted by molar-refractivity contribution is -0.910. The maximum Gasteiger partial charge on any atom is 0.140 e. The molecule has 0 aromatic heterocycles. The molecule has 2 aliphatic rings. The Labute approximate surface area is 149 Å². The van der Waals surface area contributed by atoms with Gasteiger partial charge >= 0.3 is 0 Å². The molecule has 1 saturated heterocycles. The molecule has 3 heteroatoms. The molecule has 2 aromatic rings. The van der Waals surface area contributed by atoms with Gasteiger partial charge in [-0.25, -0.2) is 0 Å². The van der Waals surface area contributed by atoms with Crippen LogP contribution >= 0.6 is 0 Å². The average Bonchev–Trinajstić information content (AvgIpc) is 2.90. The van der Waals surface area contributed by atoms with Crippen LogP contribution in [0.3, 0.4) is 0 Å². The molecule has 0 radical (unpaired) electrons. The molecule has 0 bridgehead atoms. The molecule has 0 atom stereocenters. The highest BCUT2D eigenvalue weighted by atomic mass is 16.5. The first-order valence-electron chi connectivity index (χ1n) is 8.91. The van der Waals surface area contributed by atoms with E-state index in [2.05, 4.69) is 31.0 Å². The maximum absolute atomic E-state index is 11.5. The fraction of sp³-hybridized carbons (Fsp3) is 0.364. The average molecular weight is 334 g/mol. The second-order valence-corrected chi connectivity index (χ2v) is 7.32. The zero-order valence-corrected chi connectivity index (χ0v) is 14.7. The van der Waals surface area contributed by atoms with Gasteiger partial charge in [-0.3, -0.25) is 0 Å². The van der Waals surface area contributed by atoms with Crippen LogP contribution in [0.25, 0.3) is 11.1 Å². The van der Waals surface area contributed by atoms with Crippen molar-refractivity contribution in [3.05, 3.63) is 59.7 Å². The molecule has 1 N–H and O–H groups in total. The van der Waals surface area contributed by atoms with E-state index in [1.54, 1.807) is 0 Å². The third-order valence-corrected chi connectivity index (χ3v) is 5.52. The van der Waals surface area contributed by atoms with E-state index in [0.717, 1.165) is 59.6 Å². The van der Waals surface area contributed by atoms with E-state index in [4.69, 9.17) is 4.74 Å². The van der Waals surface area contributed by atoms with Gasteiger partial charge in [0, 0.05) is 6.42 Å². The van der Waals surface area contributed by atoms with Gasteiger partial charge in [-0.2, -0.15) is 0 Å². The molecule has 1 aliphatic carbocycles. The van der Waals surface area contributed by atoms with Crippen LogP contribution < -0.4 is 0 Å². The first-order valence-corrected chi connectivity index (χ1v) is 8.91. The summed E-state index contributed by atoms with van der Waals surface area (Å²) in [7, 11) is 2.23. The number of benzene rings is 2. The van der Waals surface area contributed by atoms with Gasteiger partial charge in [0.15, 0.2) is 0 Å². The number of quaternary nitrogens is 1. The second kappa shape index (κ2) is 6.31. The Morgan fingerprint density at radius 1 is 0.960 bits per heavy atom. The van der Waals surface area contributed by atoms with Crippen LogP contribution in [0.1, 0.15) is 17.5 Å². The highest BCUT2D eigenvalue weighted by Gasteiger charge is 2.40. The number of rotatable bonds is 2. The van der Waals surface area contributed by atoms with Crippen molar-refractivity contribution in [3.63, 3.8) is 0 Å². The number of hydrogen-bond acceptors (Lipinski definition) is 2. The van der Waals surface area contributed by atoms with Crippen LogP contribution in [0, 0.1) is 11.8 Å². The van der Waals surface area contributed by atoms with Crippen molar-refractivity contribution in [1.29, 1.82) is 0 Å². The van der Waals surface area contributed by atoms with E-state index in [-0.39, 0.29) is 0 Å². The lowest BCUT2D eigenvalue weighted by Gasteiger charge is -2.35. The Balaban J connectivity index is 1.59. The van der Waals surface area contributed by atoms with Gasteiger partial charge in [0.05, 0.1) is 20.3 Å². The van der Waals surface area contributed by atoms with Crippen LogP contribution in [-0.2, 0) is 10.3 Å². The molecule has 2 aromatic carbocycles. The highest BCUT2D eigenvalue weighted by Crippen LogP contribution is 2.48. The molecule has 0 unspecified atom stereocenters. The van der Waals surface area contributed by atoms with Crippen molar-refractivity contribution in [2.45, 2.75) is 12.0 Å². The van der Waals surface area contributed by atoms with Crippen LogP contribution in [0.15, 0.2) is 48.5 Å². The summed E-state index contributed by atoms with van der Waals surface area (Å²) in [6.45, 7) is 4.43. The Morgan fingerprint density at radius 2 is 1.52 bits per heavy atom. The zero-order valence-electron chi connectivity index (χ0n) is 14.7. The van der Waals surface area contributed by atoms with Crippen LogP contribution in [0.5, 0.6) is 0 Å². The van der Waals surface area contributed by atoms with Crippen LogP contribution in [0.2, 0.25) is 0 Å². The number of hydrogen-bond donors (Lipinski definition) is 1. The Kier molecular flexibility index (Phi) is 4.13. The minimum absolute atomic E-state index is 0.428. The molecule has 3 nitrogen and oxygen atoms in total. The van der Waals surface area contributed by atoms with E-state index in [1.807, 2.05) is 36.4 Å². The number of aliphatic hydroxyl groups is 1. The summed E-state index contributed by atoms with van der Waals surface area (Å²) in [5, 5.41) is 11.5. The predicted octanol–water partition coefficient (Wildman–Crippen LogP) is 2.77. The summed E-state index contributed by atoms with van der Waals surface area (Å²) in [5.41, 5.74) is 3.17. The number of morpholine rings is 1. The third kappa shape index (κ3) is 2.87. The summed E-state index contributed by atoms with van der Waals surface area (Å²) in [6.07, 6.45) is 0.428. The molecule has 0 spiro atoms. The minimum Gasteiger partial charge on any atom is -0.379 e. The standard InChI is InChI=1S/C22H24NO2/c1-23(14-16-25-17-15-23)13-7-6-12-22(24)20-10-4-2-8-18(20)19-9-3-5-11-21(19)22/h2-5,8-11,24H,12-17H2,1H3/q+1. The molecular formula is C22H24NO2+. The summed E-state index contributed by atoms with van der Waals surface area (Å²) in [6, 6.07) is 16.2. The van der Waals surface area contributed by atoms with Gasteiger partial charge in [-0.15, -0.1) is 0 Å². The number of nitrogens with zero attached hydrogens (tertiary/aromatic N) is 1. The monoisotopic (exact) mass is 334 g/mol. The number of likely N-dealkylation sites (N-methyl/N-ethyl adjacent to an activating group) is 1. The first-order chi connectivity index (χ1) is 12.1. The van der Waals surface area contributed by atoms with Gasteiger partial charge < -0.3 is 14.3 Å².